The van der Waals surface area contributed by atoms with Crippen LogP contribution >= 0.6 is 0 Å². The number of hydrogen-bond donors (Lipinski definition) is 3. The van der Waals surface area contributed by atoms with Crippen molar-refractivity contribution in [2.75, 3.05) is 38.5 Å². The van der Waals surface area contributed by atoms with Gasteiger partial charge in [-0.15, -0.1) is 0 Å². The minimum Gasteiger partial charge on any atom is -0.366 e. The van der Waals surface area contributed by atoms with E-state index in [2.05, 4.69) is 15.6 Å². The molecule has 4 N–H and O–H groups in total. The van der Waals surface area contributed by atoms with Gasteiger partial charge >= 0.3 is 11.8 Å². The highest BCUT2D eigenvalue weighted by atomic mass is 16.2. The summed E-state index contributed by atoms with van der Waals surface area (Å²) in [5.74, 6) is -2.29. The Hall–Kier alpha value is -2.45. The van der Waals surface area contributed by atoms with Crippen molar-refractivity contribution in [3.63, 3.8) is 0 Å². The standard InChI is InChI=1S/C14H19N5O3/c1-18-6-8-19(9-7-18)17-14(22)13(21)16-11-5-3-2-4-10(11)12(15)20/h2-5H,6-9H2,1H3,(H2,15,20)(H,16,21)(H,17,22). The van der Waals surface area contributed by atoms with Crippen LogP contribution in [0.5, 0.6) is 0 Å². The maximum atomic E-state index is 11.9. The predicted molar refractivity (Wildman–Crippen MR) is 80.8 cm³/mol. The number of para-hydroxylation sites is 1. The van der Waals surface area contributed by atoms with E-state index in [1.54, 1.807) is 17.1 Å². The summed E-state index contributed by atoms with van der Waals surface area (Å²) in [7, 11) is 1.99. The molecular formula is C14H19N5O3. The molecule has 0 radical (unpaired) electrons. The van der Waals surface area contributed by atoms with Crippen molar-refractivity contribution in [1.82, 2.24) is 15.3 Å². The molecule has 0 saturated carbocycles. The monoisotopic (exact) mass is 305 g/mol. The van der Waals surface area contributed by atoms with Crippen molar-refractivity contribution in [2.45, 2.75) is 0 Å². The molecule has 1 saturated heterocycles. The second-order valence-electron chi connectivity index (χ2n) is 5.10. The number of hydrogen-bond acceptors (Lipinski definition) is 5. The molecule has 1 aliphatic heterocycles. The fourth-order valence-corrected chi connectivity index (χ4v) is 2.10. The van der Waals surface area contributed by atoms with E-state index < -0.39 is 17.7 Å². The third kappa shape index (κ3) is 4.03. The molecule has 0 bridgehead atoms. The average Bonchev–Trinajstić information content (AvgIpc) is 2.49. The summed E-state index contributed by atoms with van der Waals surface area (Å²) < 4.78 is 0. The Bertz CT molecular complexity index is 582. The van der Waals surface area contributed by atoms with Crippen LogP contribution in [0.15, 0.2) is 24.3 Å². The number of primary amides is 1. The number of nitrogens with zero attached hydrogens (tertiary/aromatic N) is 2. The van der Waals surface area contributed by atoms with Crippen molar-refractivity contribution in [3.8, 4) is 0 Å². The molecule has 8 heteroatoms. The first-order valence-corrected chi connectivity index (χ1v) is 6.91. The van der Waals surface area contributed by atoms with Crippen molar-refractivity contribution >= 4 is 23.4 Å². The number of carbonyl (C=O) groups is 3. The molecule has 0 unspecified atom stereocenters. The SMILES string of the molecule is CN1CCN(NC(=O)C(=O)Nc2ccccc2C(N)=O)CC1. The number of rotatable bonds is 3. The number of anilines is 1. The first kappa shape index (κ1) is 15.9. The van der Waals surface area contributed by atoms with Crippen LogP contribution in [0.1, 0.15) is 10.4 Å². The molecule has 0 aromatic heterocycles. The first-order chi connectivity index (χ1) is 10.5. The number of amides is 3. The molecule has 1 aliphatic rings. The third-order valence-corrected chi connectivity index (χ3v) is 3.41. The molecule has 1 heterocycles. The van der Waals surface area contributed by atoms with Gasteiger partial charge in [0.15, 0.2) is 0 Å². The van der Waals surface area contributed by atoms with E-state index >= 15 is 0 Å². The van der Waals surface area contributed by atoms with Crippen LogP contribution in [0, 0.1) is 0 Å². The Kier molecular flexibility index (Phi) is 5.08. The summed E-state index contributed by atoms with van der Waals surface area (Å²) in [4.78, 5) is 37.2. The van der Waals surface area contributed by atoms with Crippen LogP contribution in [0.25, 0.3) is 0 Å². The number of likely N-dealkylation sites (N-methyl/N-ethyl adjacent to an activating group) is 1. The summed E-state index contributed by atoms with van der Waals surface area (Å²) in [5.41, 5.74) is 8.14. The lowest BCUT2D eigenvalue weighted by atomic mass is 10.1. The van der Waals surface area contributed by atoms with Gasteiger partial charge in [0.2, 0.25) is 0 Å². The van der Waals surface area contributed by atoms with E-state index in [0.29, 0.717) is 13.1 Å². The lowest BCUT2D eigenvalue weighted by molar-refractivity contribution is -0.139. The summed E-state index contributed by atoms with van der Waals surface area (Å²) in [5, 5.41) is 4.10. The number of piperazine rings is 1. The smallest absolute Gasteiger partial charge is 0.323 e. The highest BCUT2D eigenvalue weighted by Gasteiger charge is 2.21. The Morgan fingerprint density at radius 3 is 2.32 bits per heavy atom. The first-order valence-electron chi connectivity index (χ1n) is 6.91. The molecule has 0 atom stereocenters. The number of nitrogens with two attached hydrogens (primary N) is 1. The zero-order valence-electron chi connectivity index (χ0n) is 12.3. The maximum Gasteiger partial charge on any atom is 0.323 e. The van der Waals surface area contributed by atoms with E-state index in [4.69, 9.17) is 5.73 Å². The van der Waals surface area contributed by atoms with Crippen LogP contribution in [0.2, 0.25) is 0 Å². The van der Waals surface area contributed by atoms with Crippen LogP contribution in [-0.2, 0) is 9.59 Å². The van der Waals surface area contributed by atoms with Gasteiger partial charge in [-0.1, -0.05) is 12.1 Å². The van der Waals surface area contributed by atoms with Crippen molar-refractivity contribution < 1.29 is 14.4 Å². The normalized spacial score (nSPS) is 16.0. The third-order valence-electron chi connectivity index (χ3n) is 3.41. The molecule has 2 rings (SSSR count). The molecule has 1 aromatic carbocycles. The molecule has 118 valence electrons. The Morgan fingerprint density at radius 2 is 1.68 bits per heavy atom. The highest BCUT2D eigenvalue weighted by molar-refractivity contribution is 6.39. The minimum absolute atomic E-state index is 0.156. The van der Waals surface area contributed by atoms with Crippen LogP contribution < -0.4 is 16.5 Å². The minimum atomic E-state index is -0.840. The summed E-state index contributed by atoms with van der Waals surface area (Å²) >= 11 is 0. The second-order valence-corrected chi connectivity index (χ2v) is 5.10. The van der Waals surface area contributed by atoms with E-state index in [-0.39, 0.29) is 11.3 Å². The molecule has 22 heavy (non-hydrogen) atoms. The number of nitrogens with one attached hydrogen (secondary N) is 2. The van der Waals surface area contributed by atoms with Gasteiger partial charge in [0.1, 0.15) is 0 Å². The average molecular weight is 305 g/mol. The van der Waals surface area contributed by atoms with Crippen molar-refractivity contribution in [3.05, 3.63) is 29.8 Å². The molecule has 1 aromatic rings. The molecule has 0 aliphatic carbocycles. The highest BCUT2D eigenvalue weighted by Crippen LogP contribution is 2.13. The maximum absolute atomic E-state index is 11.9. The zero-order valence-corrected chi connectivity index (χ0v) is 12.3. The molecule has 1 fully saturated rings. The van der Waals surface area contributed by atoms with Crippen LogP contribution in [0.3, 0.4) is 0 Å². The topological polar surface area (TPSA) is 108 Å². The van der Waals surface area contributed by atoms with Gasteiger partial charge in [-0.25, -0.2) is 5.01 Å². The van der Waals surface area contributed by atoms with E-state index in [1.165, 1.54) is 12.1 Å². The number of benzene rings is 1. The van der Waals surface area contributed by atoms with Gasteiger partial charge in [0.05, 0.1) is 11.3 Å². The second kappa shape index (κ2) is 7.01. The Morgan fingerprint density at radius 1 is 1.05 bits per heavy atom. The van der Waals surface area contributed by atoms with Gasteiger partial charge in [-0.05, 0) is 19.2 Å². The van der Waals surface area contributed by atoms with Gasteiger partial charge in [-0.2, -0.15) is 0 Å². The Balaban J connectivity index is 1.94. The van der Waals surface area contributed by atoms with Gasteiger partial charge < -0.3 is 16.0 Å². The molecule has 8 nitrogen and oxygen atoms in total. The van der Waals surface area contributed by atoms with Gasteiger partial charge in [0, 0.05) is 26.2 Å². The van der Waals surface area contributed by atoms with E-state index in [0.717, 1.165) is 13.1 Å². The quantitative estimate of drug-likeness (QED) is 0.621. The lowest BCUT2D eigenvalue weighted by Crippen LogP contribution is -2.54. The molecular weight excluding hydrogens is 286 g/mol. The van der Waals surface area contributed by atoms with Gasteiger partial charge in [-0.3, -0.25) is 19.8 Å². The fraction of sp³-hybridized carbons (Fsp3) is 0.357. The van der Waals surface area contributed by atoms with Crippen molar-refractivity contribution in [1.29, 1.82) is 0 Å². The summed E-state index contributed by atoms with van der Waals surface area (Å²) in [6.07, 6.45) is 0. The summed E-state index contributed by atoms with van der Waals surface area (Å²) in [6.45, 7) is 2.92. The molecule has 0 spiro atoms. The number of carbonyl (C=O) groups excluding carboxylic acids is 3. The number of hydrazine groups is 1. The summed E-state index contributed by atoms with van der Waals surface area (Å²) in [6, 6.07) is 6.26. The zero-order chi connectivity index (χ0) is 16.1. The van der Waals surface area contributed by atoms with Crippen LogP contribution in [-0.4, -0.2) is 60.9 Å². The Labute approximate surface area is 128 Å². The largest absolute Gasteiger partial charge is 0.366 e. The molecule has 3 amide bonds. The van der Waals surface area contributed by atoms with E-state index in [9.17, 15) is 14.4 Å². The van der Waals surface area contributed by atoms with Crippen LogP contribution in [0.4, 0.5) is 5.69 Å². The van der Waals surface area contributed by atoms with Crippen molar-refractivity contribution in [2.24, 2.45) is 5.73 Å². The van der Waals surface area contributed by atoms with Gasteiger partial charge in [0.25, 0.3) is 5.91 Å². The fourth-order valence-electron chi connectivity index (χ4n) is 2.10. The lowest BCUT2D eigenvalue weighted by Gasteiger charge is -2.32. The van der Waals surface area contributed by atoms with E-state index in [1.807, 2.05) is 7.05 Å². The predicted octanol–water partition coefficient (Wildman–Crippen LogP) is -0.997.